The molecule has 104 valence electrons. The van der Waals surface area contributed by atoms with E-state index in [-0.39, 0.29) is 12.6 Å². The second-order valence-corrected chi connectivity index (χ2v) is 5.02. The molecule has 0 aliphatic heterocycles. The summed E-state index contributed by atoms with van der Waals surface area (Å²) < 4.78 is 5.42. The molecule has 0 radical (unpaired) electrons. The Balaban J connectivity index is 2.15. The molecule has 0 saturated carbocycles. The third-order valence-corrected chi connectivity index (χ3v) is 3.47. The van der Waals surface area contributed by atoms with Gasteiger partial charge in [0.1, 0.15) is 6.61 Å². The van der Waals surface area contributed by atoms with Crippen molar-refractivity contribution in [3.8, 4) is 0 Å². The summed E-state index contributed by atoms with van der Waals surface area (Å²) in [6.45, 7) is 6.18. The third kappa shape index (κ3) is 2.99. The van der Waals surface area contributed by atoms with Crippen molar-refractivity contribution in [2.75, 3.05) is 5.73 Å². The molecule has 0 heterocycles. The van der Waals surface area contributed by atoms with Crippen LogP contribution in [0.15, 0.2) is 36.4 Å². The molecule has 0 aliphatic rings. The Labute approximate surface area is 119 Å². The van der Waals surface area contributed by atoms with Crippen LogP contribution >= 0.6 is 0 Å². The maximum atomic E-state index is 12.1. The number of aryl methyl sites for hydroxylation is 3. The lowest BCUT2D eigenvalue weighted by Gasteiger charge is -2.11. The molecule has 2 aromatic rings. The zero-order chi connectivity index (χ0) is 14.7. The summed E-state index contributed by atoms with van der Waals surface area (Å²) in [5.41, 5.74) is 11.0. The maximum Gasteiger partial charge on any atom is 0.338 e. The van der Waals surface area contributed by atoms with E-state index in [2.05, 4.69) is 0 Å². The highest BCUT2D eigenvalue weighted by Crippen LogP contribution is 2.17. The van der Waals surface area contributed by atoms with Crippen molar-refractivity contribution in [2.24, 2.45) is 0 Å². The van der Waals surface area contributed by atoms with Crippen LogP contribution in [0.2, 0.25) is 0 Å². The van der Waals surface area contributed by atoms with E-state index in [9.17, 15) is 4.79 Å². The first-order valence-electron chi connectivity index (χ1n) is 6.57. The van der Waals surface area contributed by atoms with Crippen LogP contribution in [0.25, 0.3) is 0 Å². The van der Waals surface area contributed by atoms with Gasteiger partial charge in [0, 0.05) is 5.69 Å². The fourth-order valence-corrected chi connectivity index (χ4v) is 2.15. The van der Waals surface area contributed by atoms with Crippen molar-refractivity contribution < 1.29 is 9.53 Å². The first-order chi connectivity index (χ1) is 9.49. The van der Waals surface area contributed by atoms with E-state index in [0.29, 0.717) is 11.3 Å². The molecule has 2 N–H and O–H groups in total. The normalized spacial score (nSPS) is 10.3. The lowest BCUT2D eigenvalue weighted by Crippen LogP contribution is -2.09. The van der Waals surface area contributed by atoms with Crippen LogP contribution in [-0.4, -0.2) is 5.97 Å². The molecule has 2 rings (SSSR count). The highest BCUT2D eigenvalue weighted by atomic mass is 16.5. The predicted octanol–water partition coefficient (Wildman–Crippen LogP) is 3.55. The number of esters is 1. The molecule has 0 aliphatic carbocycles. The number of rotatable bonds is 3. The van der Waals surface area contributed by atoms with Crippen LogP contribution in [0.5, 0.6) is 0 Å². The summed E-state index contributed by atoms with van der Waals surface area (Å²) in [5, 5.41) is 0. The summed E-state index contributed by atoms with van der Waals surface area (Å²) in [6.07, 6.45) is 0. The van der Waals surface area contributed by atoms with Gasteiger partial charge in [-0.1, -0.05) is 24.3 Å². The largest absolute Gasteiger partial charge is 0.457 e. The molecular formula is C17H19NO2. The van der Waals surface area contributed by atoms with Crippen LogP contribution in [0.4, 0.5) is 5.69 Å². The van der Waals surface area contributed by atoms with Crippen LogP contribution in [0.1, 0.15) is 32.6 Å². The minimum Gasteiger partial charge on any atom is -0.457 e. The second kappa shape index (κ2) is 5.78. The number of benzene rings is 2. The number of nitrogen functional groups attached to an aromatic ring is 1. The molecule has 3 heteroatoms. The van der Waals surface area contributed by atoms with Gasteiger partial charge in [-0.05, 0) is 55.2 Å². The van der Waals surface area contributed by atoms with Gasteiger partial charge in [0.05, 0.1) is 5.56 Å². The molecule has 0 bridgehead atoms. The van der Waals surface area contributed by atoms with Gasteiger partial charge in [0.2, 0.25) is 0 Å². The van der Waals surface area contributed by atoms with Gasteiger partial charge in [-0.2, -0.15) is 0 Å². The smallest absolute Gasteiger partial charge is 0.338 e. The van der Waals surface area contributed by atoms with Crippen LogP contribution in [0.3, 0.4) is 0 Å². The van der Waals surface area contributed by atoms with Gasteiger partial charge < -0.3 is 10.5 Å². The van der Waals surface area contributed by atoms with E-state index in [1.54, 1.807) is 12.1 Å². The van der Waals surface area contributed by atoms with Crippen molar-refractivity contribution in [1.29, 1.82) is 0 Å². The molecule has 0 amide bonds. The molecule has 0 fully saturated rings. The summed E-state index contributed by atoms with van der Waals surface area (Å²) in [6, 6.07) is 11.3. The van der Waals surface area contributed by atoms with Crippen molar-refractivity contribution >= 4 is 11.7 Å². The number of hydrogen-bond acceptors (Lipinski definition) is 3. The Morgan fingerprint density at radius 3 is 2.35 bits per heavy atom. The Morgan fingerprint density at radius 2 is 1.70 bits per heavy atom. The van der Waals surface area contributed by atoms with E-state index in [1.807, 2.05) is 45.0 Å². The van der Waals surface area contributed by atoms with Gasteiger partial charge in [-0.25, -0.2) is 4.79 Å². The molecule has 20 heavy (non-hydrogen) atoms. The molecule has 0 spiro atoms. The first kappa shape index (κ1) is 14.1. The average molecular weight is 269 g/mol. The minimum absolute atomic E-state index is 0.283. The standard InChI is InChI=1S/C17H19NO2/c1-11-5-4-6-12(2)16(11)10-20-17(19)15-9-14(18)8-7-13(15)3/h4-9H,10,18H2,1-3H3. The van der Waals surface area contributed by atoms with Gasteiger partial charge in [-0.3, -0.25) is 0 Å². The molecule has 2 aromatic carbocycles. The topological polar surface area (TPSA) is 52.3 Å². The first-order valence-corrected chi connectivity index (χ1v) is 6.57. The Kier molecular flexibility index (Phi) is 4.08. The van der Waals surface area contributed by atoms with Crippen LogP contribution in [-0.2, 0) is 11.3 Å². The predicted molar refractivity (Wildman–Crippen MR) is 80.6 cm³/mol. The SMILES string of the molecule is Cc1ccc(N)cc1C(=O)OCc1c(C)cccc1C. The summed E-state index contributed by atoms with van der Waals surface area (Å²) in [7, 11) is 0. The minimum atomic E-state index is -0.336. The summed E-state index contributed by atoms with van der Waals surface area (Å²) in [5.74, 6) is -0.336. The van der Waals surface area contributed by atoms with Crippen molar-refractivity contribution in [3.63, 3.8) is 0 Å². The molecular weight excluding hydrogens is 250 g/mol. The lowest BCUT2D eigenvalue weighted by molar-refractivity contribution is 0.0471. The zero-order valence-corrected chi connectivity index (χ0v) is 12.1. The highest BCUT2D eigenvalue weighted by Gasteiger charge is 2.12. The van der Waals surface area contributed by atoms with Gasteiger partial charge >= 0.3 is 5.97 Å². The fraction of sp³-hybridized carbons (Fsp3) is 0.235. The summed E-state index contributed by atoms with van der Waals surface area (Å²) >= 11 is 0. The zero-order valence-electron chi connectivity index (χ0n) is 12.1. The van der Waals surface area contributed by atoms with E-state index >= 15 is 0 Å². The van der Waals surface area contributed by atoms with E-state index < -0.39 is 0 Å². The molecule has 3 nitrogen and oxygen atoms in total. The molecule has 0 aromatic heterocycles. The quantitative estimate of drug-likeness (QED) is 0.684. The van der Waals surface area contributed by atoms with Crippen molar-refractivity contribution in [1.82, 2.24) is 0 Å². The van der Waals surface area contributed by atoms with E-state index in [4.69, 9.17) is 10.5 Å². The fourth-order valence-electron chi connectivity index (χ4n) is 2.15. The lowest BCUT2D eigenvalue weighted by atomic mass is 10.0. The maximum absolute atomic E-state index is 12.1. The van der Waals surface area contributed by atoms with Gasteiger partial charge in [-0.15, -0.1) is 0 Å². The molecule has 0 unspecified atom stereocenters. The molecule has 0 saturated heterocycles. The number of ether oxygens (including phenoxy) is 1. The number of nitrogens with two attached hydrogens (primary N) is 1. The van der Waals surface area contributed by atoms with Gasteiger partial charge in [0.25, 0.3) is 0 Å². The van der Waals surface area contributed by atoms with E-state index in [1.165, 1.54) is 0 Å². The highest BCUT2D eigenvalue weighted by molar-refractivity contribution is 5.92. The average Bonchev–Trinajstić information content (AvgIpc) is 2.40. The number of hydrogen-bond donors (Lipinski definition) is 1. The van der Waals surface area contributed by atoms with Crippen LogP contribution in [0, 0.1) is 20.8 Å². The van der Waals surface area contributed by atoms with Crippen LogP contribution < -0.4 is 5.73 Å². The number of carbonyl (C=O) groups is 1. The third-order valence-electron chi connectivity index (χ3n) is 3.47. The Morgan fingerprint density at radius 1 is 1.05 bits per heavy atom. The van der Waals surface area contributed by atoms with Crippen molar-refractivity contribution in [3.05, 3.63) is 64.2 Å². The van der Waals surface area contributed by atoms with E-state index in [0.717, 1.165) is 22.3 Å². The number of carbonyl (C=O) groups excluding carboxylic acids is 1. The van der Waals surface area contributed by atoms with Gasteiger partial charge in [0.15, 0.2) is 0 Å². The summed E-state index contributed by atoms with van der Waals surface area (Å²) in [4.78, 5) is 12.1. The van der Waals surface area contributed by atoms with Crippen molar-refractivity contribution in [2.45, 2.75) is 27.4 Å². The second-order valence-electron chi connectivity index (χ2n) is 5.02. The Hall–Kier alpha value is -2.29. The number of anilines is 1. The Bertz CT molecular complexity index is 627. The molecule has 0 atom stereocenters. The monoisotopic (exact) mass is 269 g/mol.